The van der Waals surface area contributed by atoms with E-state index in [1.807, 2.05) is 11.8 Å². The third-order valence-corrected chi connectivity index (χ3v) is 3.49. The van der Waals surface area contributed by atoms with E-state index in [2.05, 4.69) is 39.9 Å². The quantitative estimate of drug-likeness (QED) is 0.759. The van der Waals surface area contributed by atoms with E-state index in [1.54, 1.807) is 0 Å². The molecular weight excluding hydrogens is 188 g/mol. The van der Waals surface area contributed by atoms with Gasteiger partial charge in [-0.15, -0.1) is 0 Å². The minimum Gasteiger partial charge on any atom is -0.323 e. The van der Waals surface area contributed by atoms with Crippen LogP contribution in [0.5, 0.6) is 0 Å². The molecular formula is C12H24N2O. The second kappa shape index (κ2) is 4.12. The molecule has 0 aromatic rings. The molecule has 3 unspecified atom stereocenters. The maximum atomic E-state index is 12.1. The van der Waals surface area contributed by atoms with Crippen LogP contribution in [0.25, 0.3) is 0 Å². The van der Waals surface area contributed by atoms with Gasteiger partial charge in [0.05, 0.1) is 12.2 Å². The Morgan fingerprint density at radius 2 is 2.00 bits per heavy atom. The van der Waals surface area contributed by atoms with E-state index in [1.165, 1.54) is 0 Å². The SMILES string of the molecule is CCC1NC(C)N(C(C)C(C)(C)C)C1=O. The summed E-state index contributed by atoms with van der Waals surface area (Å²) in [6, 6.07) is 0.286. The molecule has 0 radical (unpaired) electrons. The van der Waals surface area contributed by atoms with Crippen LogP contribution in [0.1, 0.15) is 48.0 Å². The van der Waals surface area contributed by atoms with Crippen LogP contribution >= 0.6 is 0 Å². The van der Waals surface area contributed by atoms with Gasteiger partial charge in [-0.1, -0.05) is 27.7 Å². The molecule has 1 amide bonds. The van der Waals surface area contributed by atoms with E-state index in [-0.39, 0.29) is 29.6 Å². The summed E-state index contributed by atoms with van der Waals surface area (Å²) in [5, 5.41) is 3.33. The molecule has 15 heavy (non-hydrogen) atoms. The first-order valence-electron chi connectivity index (χ1n) is 5.87. The van der Waals surface area contributed by atoms with Crippen LogP contribution in [0.2, 0.25) is 0 Å². The third-order valence-electron chi connectivity index (χ3n) is 3.49. The van der Waals surface area contributed by atoms with Gasteiger partial charge in [-0.3, -0.25) is 10.1 Å². The highest BCUT2D eigenvalue weighted by Crippen LogP contribution is 2.28. The van der Waals surface area contributed by atoms with Gasteiger partial charge in [0.2, 0.25) is 5.91 Å². The highest BCUT2D eigenvalue weighted by Gasteiger charge is 2.41. The lowest BCUT2D eigenvalue weighted by Crippen LogP contribution is -2.47. The number of carbonyl (C=O) groups is 1. The van der Waals surface area contributed by atoms with E-state index in [9.17, 15) is 4.79 Å². The Labute approximate surface area is 93.2 Å². The molecule has 0 aromatic heterocycles. The lowest BCUT2D eigenvalue weighted by Gasteiger charge is -2.37. The first-order valence-corrected chi connectivity index (χ1v) is 5.87. The zero-order chi connectivity index (χ0) is 11.8. The molecule has 88 valence electrons. The Kier molecular flexibility index (Phi) is 3.44. The van der Waals surface area contributed by atoms with Crippen LogP contribution in [-0.4, -0.2) is 29.1 Å². The van der Waals surface area contributed by atoms with Crippen molar-refractivity contribution in [2.75, 3.05) is 0 Å². The summed E-state index contributed by atoms with van der Waals surface area (Å²) in [5.74, 6) is 0.257. The Morgan fingerprint density at radius 3 is 2.33 bits per heavy atom. The number of amides is 1. The van der Waals surface area contributed by atoms with Crippen LogP contribution in [0.3, 0.4) is 0 Å². The number of hydrogen-bond acceptors (Lipinski definition) is 2. The highest BCUT2D eigenvalue weighted by atomic mass is 16.2. The molecule has 1 saturated heterocycles. The fraction of sp³-hybridized carbons (Fsp3) is 0.917. The predicted octanol–water partition coefficient (Wildman–Crippen LogP) is 1.98. The maximum absolute atomic E-state index is 12.1. The van der Waals surface area contributed by atoms with Gasteiger partial charge in [0.15, 0.2) is 0 Å². The van der Waals surface area contributed by atoms with Gasteiger partial charge in [0.1, 0.15) is 0 Å². The number of rotatable bonds is 2. The topological polar surface area (TPSA) is 32.3 Å². The molecule has 3 heteroatoms. The molecule has 1 N–H and O–H groups in total. The molecule has 0 bridgehead atoms. The van der Waals surface area contributed by atoms with Crippen molar-refractivity contribution in [2.45, 2.75) is 66.2 Å². The van der Waals surface area contributed by atoms with Gasteiger partial charge in [0.25, 0.3) is 0 Å². The van der Waals surface area contributed by atoms with Crippen molar-refractivity contribution in [3.63, 3.8) is 0 Å². The summed E-state index contributed by atoms with van der Waals surface area (Å²) < 4.78 is 0. The number of nitrogens with one attached hydrogen (secondary N) is 1. The van der Waals surface area contributed by atoms with Crippen molar-refractivity contribution in [3.8, 4) is 0 Å². The highest BCUT2D eigenvalue weighted by molar-refractivity contribution is 5.84. The molecule has 1 aliphatic rings. The van der Waals surface area contributed by atoms with Crippen molar-refractivity contribution >= 4 is 5.91 Å². The fourth-order valence-corrected chi connectivity index (χ4v) is 2.05. The van der Waals surface area contributed by atoms with Crippen molar-refractivity contribution < 1.29 is 4.79 Å². The number of nitrogens with zero attached hydrogens (tertiary/aromatic N) is 1. The van der Waals surface area contributed by atoms with Gasteiger partial charge < -0.3 is 4.90 Å². The fourth-order valence-electron chi connectivity index (χ4n) is 2.05. The van der Waals surface area contributed by atoms with E-state index in [0.29, 0.717) is 0 Å². The van der Waals surface area contributed by atoms with E-state index >= 15 is 0 Å². The van der Waals surface area contributed by atoms with Crippen LogP contribution in [0.4, 0.5) is 0 Å². The monoisotopic (exact) mass is 212 g/mol. The average molecular weight is 212 g/mol. The predicted molar refractivity (Wildman–Crippen MR) is 62.4 cm³/mol. The summed E-state index contributed by atoms with van der Waals surface area (Å²) in [4.78, 5) is 14.1. The van der Waals surface area contributed by atoms with Crippen LogP contribution in [0.15, 0.2) is 0 Å². The van der Waals surface area contributed by atoms with Crippen molar-refractivity contribution in [3.05, 3.63) is 0 Å². The minimum absolute atomic E-state index is 0.0183. The lowest BCUT2D eigenvalue weighted by molar-refractivity contribution is -0.133. The van der Waals surface area contributed by atoms with Crippen LogP contribution < -0.4 is 5.32 Å². The van der Waals surface area contributed by atoms with Gasteiger partial charge in [-0.25, -0.2) is 0 Å². The van der Waals surface area contributed by atoms with Crippen molar-refractivity contribution in [1.82, 2.24) is 10.2 Å². The van der Waals surface area contributed by atoms with Crippen LogP contribution in [-0.2, 0) is 4.79 Å². The van der Waals surface area contributed by atoms with Gasteiger partial charge >= 0.3 is 0 Å². The molecule has 1 fully saturated rings. The lowest BCUT2D eigenvalue weighted by atomic mass is 9.86. The third kappa shape index (κ3) is 2.33. The van der Waals surface area contributed by atoms with Gasteiger partial charge in [-0.2, -0.15) is 0 Å². The first kappa shape index (κ1) is 12.5. The normalized spacial score (nSPS) is 29.7. The standard InChI is InChI=1S/C12H24N2O/c1-7-10-11(15)14(9(3)13-10)8(2)12(4,5)6/h8-10,13H,7H2,1-6H3. The second-order valence-electron chi connectivity index (χ2n) is 5.59. The molecule has 3 atom stereocenters. The molecule has 1 heterocycles. The minimum atomic E-state index is 0.0183. The zero-order valence-corrected chi connectivity index (χ0v) is 10.8. The smallest absolute Gasteiger partial charge is 0.241 e. The van der Waals surface area contributed by atoms with Gasteiger partial charge in [0, 0.05) is 6.04 Å². The molecule has 0 aliphatic carbocycles. The molecule has 1 aliphatic heterocycles. The molecule has 0 saturated carbocycles. The Balaban J connectivity index is 2.82. The summed E-state index contributed by atoms with van der Waals surface area (Å²) in [5.41, 5.74) is 0.133. The summed E-state index contributed by atoms with van der Waals surface area (Å²) in [6.45, 7) is 12.8. The largest absolute Gasteiger partial charge is 0.323 e. The number of hydrogen-bond donors (Lipinski definition) is 1. The summed E-state index contributed by atoms with van der Waals surface area (Å²) >= 11 is 0. The first-order chi connectivity index (χ1) is 6.79. The van der Waals surface area contributed by atoms with E-state index < -0.39 is 0 Å². The molecule has 1 rings (SSSR count). The Bertz CT molecular complexity index is 244. The molecule has 0 spiro atoms. The summed E-state index contributed by atoms with van der Waals surface area (Å²) in [6.07, 6.45) is 1.04. The second-order valence-corrected chi connectivity index (χ2v) is 5.59. The maximum Gasteiger partial charge on any atom is 0.241 e. The Hall–Kier alpha value is -0.570. The van der Waals surface area contributed by atoms with Crippen molar-refractivity contribution in [2.24, 2.45) is 5.41 Å². The average Bonchev–Trinajstić information content (AvgIpc) is 2.39. The summed E-state index contributed by atoms with van der Waals surface area (Å²) in [7, 11) is 0. The van der Waals surface area contributed by atoms with Crippen LogP contribution in [0, 0.1) is 5.41 Å². The zero-order valence-electron chi connectivity index (χ0n) is 10.8. The molecule has 3 nitrogen and oxygen atoms in total. The van der Waals surface area contributed by atoms with Gasteiger partial charge in [-0.05, 0) is 25.7 Å². The van der Waals surface area contributed by atoms with E-state index in [0.717, 1.165) is 6.42 Å². The van der Waals surface area contributed by atoms with Crippen molar-refractivity contribution in [1.29, 1.82) is 0 Å². The number of carbonyl (C=O) groups excluding carboxylic acids is 1. The van der Waals surface area contributed by atoms with E-state index in [4.69, 9.17) is 0 Å². The Morgan fingerprint density at radius 1 is 1.47 bits per heavy atom. The molecule has 0 aromatic carbocycles.